The molecule has 0 saturated carbocycles. The van der Waals surface area contributed by atoms with Crippen LogP contribution in [0.4, 0.5) is 10.1 Å². The van der Waals surface area contributed by atoms with Gasteiger partial charge < -0.3 is 10.2 Å². The van der Waals surface area contributed by atoms with Crippen LogP contribution in [0.25, 0.3) is 10.9 Å². The number of hydrogen-bond acceptors (Lipinski definition) is 4. The predicted octanol–water partition coefficient (Wildman–Crippen LogP) is 2.97. The van der Waals surface area contributed by atoms with E-state index in [9.17, 15) is 4.39 Å². The third kappa shape index (κ3) is 2.46. The van der Waals surface area contributed by atoms with E-state index in [1.165, 1.54) is 19.2 Å². The van der Waals surface area contributed by atoms with Gasteiger partial charge in [-0.3, -0.25) is 5.84 Å². The number of aromatic nitrogens is 1. The van der Waals surface area contributed by atoms with Crippen molar-refractivity contribution in [1.29, 1.82) is 0 Å². The standard InChI is InChI=1S/C14H18FN3O/c1-14(2,3)12-7-10(18-16)9-5-8(15)6-11(19-4)13(9)17-12/h5-7H,16H2,1-4H3,(H,17,18). The van der Waals surface area contributed by atoms with E-state index >= 15 is 0 Å². The molecule has 102 valence electrons. The molecule has 2 rings (SSSR count). The molecule has 4 nitrogen and oxygen atoms in total. The first kappa shape index (κ1) is 13.5. The molecular formula is C14H18FN3O. The second kappa shape index (κ2) is 4.66. The van der Waals surface area contributed by atoms with Crippen molar-refractivity contribution in [1.82, 2.24) is 4.98 Å². The van der Waals surface area contributed by atoms with Gasteiger partial charge in [-0.1, -0.05) is 20.8 Å². The van der Waals surface area contributed by atoms with Gasteiger partial charge in [-0.25, -0.2) is 9.37 Å². The number of ether oxygens (including phenoxy) is 1. The summed E-state index contributed by atoms with van der Waals surface area (Å²) in [6.45, 7) is 6.16. The number of nitrogens with one attached hydrogen (secondary N) is 1. The topological polar surface area (TPSA) is 60.2 Å². The van der Waals surface area contributed by atoms with E-state index in [0.29, 0.717) is 22.3 Å². The van der Waals surface area contributed by atoms with Crippen molar-refractivity contribution in [3.8, 4) is 5.75 Å². The molecule has 0 amide bonds. The largest absolute Gasteiger partial charge is 0.494 e. The smallest absolute Gasteiger partial charge is 0.148 e. The van der Waals surface area contributed by atoms with E-state index in [4.69, 9.17) is 10.6 Å². The Morgan fingerprint density at radius 3 is 2.47 bits per heavy atom. The summed E-state index contributed by atoms with van der Waals surface area (Å²) in [5, 5.41) is 0.604. The lowest BCUT2D eigenvalue weighted by Crippen LogP contribution is -2.16. The summed E-state index contributed by atoms with van der Waals surface area (Å²) in [5.41, 5.74) is 4.55. The van der Waals surface area contributed by atoms with Gasteiger partial charge in [0.15, 0.2) is 0 Å². The molecule has 2 aromatic rings. The maximum atomic E-state index is 13.6. The number of rotatable bonds is 2. The van der Waals surface area contributed by atoms with E-state index in [1.807, 2.05) is 6.07 Å². The summed E-state index contributed by atoms with van der Waals surface area (Å²) in [6, 6.07) is 4.55. The van der Waals surface area contributed by atoms with Crippen LogP contribution in [-0.4, -0.2) is 12.1 Å². The van der Waals surface area contributed by atoms with Crippen molar-refractivity contribution in [3.63, 3.8) is 0 Å². The van der Waals surface area contributed by atoms with Crippen molar-refractivity contribution in [2.45, 2.75) is 26.2 Å². The average molecular weight is 263 g/mol. The fraction of sp³-hybridized carbons (Fsp3) is 0.357. The maximum absolute atomic E-state index is 13.6. The molecule has 3 N–H and O–H groups in total. The molecule has 0 aliphatic rings. The Balaban J connectivity index is 2.85. The molecule has 19 heavy (non-hydrogen) atoms. The fourth-order valence-electron chi connectivity index (χ4n) is 1.92. The quantitative estimate of drug-likeness (QED) is 0.646. The number of methoxy groups -OCH3 is 1. The maximum Gasteiger partial charge on any atom is 0.148 e. The highest BCUT2D eigenvalue weighted by Gasteiger charge is 2.19. The Kier molecular flexibility index (Phi) is 3.32. The zero-order valence-corrected chi connectivity index (χ0v) is 11.5. The number of nitrogens with zero attached hydrogens (tertiary/aromatic N) is 1. The van der Waals surface area contributed by atoms with Crippen molar-refractivity contribution in [2.24, 2.45) is 5.84 Å². The number of fused-ring (bicyclic) bond motifs is 1. The van der Waals surface area contributed by atoms with E-state index in [1.54, 1.807) is 0 Å². The van der Waals surface area contributed by atoms with Gasteiger partial charge in [0.05, 0.1) is 12.8 Å². The second-order valence-corrected chi connectivity index (χ2v) is 5.45. The molecular weight excluding hydrogens is 245 g/mol. The SMILES string of the molecule is COc1cc(F)cc2c(NN)cc(C(C)(C)C)nc12. The minimum absolute atomic E-state index is 0.140. The molecule has 5 heteroatoms. The van der Waals surface area contributed by atoms with Crippen molar-refractivity contribution < 1.29 is 9.13 Å². The van der Waals surface area contributed by atoms with Crippen molar-refractivity contribution >= 4 is 16.6 Å². The van der Waals surface area contributed by atoms with E-state index in [-0.39, 0.29) is 11.2 Å². The van der Waals surface area contributed by atoms with Crippen LogP contribution < -0.4 is 16.0 Å². The summed E-state index contributed by atoms with van der Waals surface area (Å²) in [4.78, 5) is 4.58. The molecule has 1 aromatic heterocycles. The van der Waals surface area contributed by atoms with Crippen LogP contribution in [0.2, 0.25) is 0 Å². The monoisotopic (exact) mass is 263 g/mol. The van der Waals surface area contributed by atoms with Gasteiger partial charge in [-0.05, 0) is 12.1 Å². The van der Waals surface area contributed by atoms with Gasteiger partial charge in [0, 0.05) is 22.6 Å². The normalized spacial score (nSPS) is 11.7. The number of nitrogens with two attached hydrogens (primary N) is 1. The van der Waals surface area contributed by atoms with E-state index in [0.717, 1.165) is 5.69 Å². The van der Waals surface area contributed by atoms with Crippen LogP contribution >= 0.6 is 0 Å². The van der Waals surface area contributed by atoms with Crippen LogP contribution in [0.15, 0.2) is 18.2 Å². The first-order valence-electron chi connectivity index (χ1n) is 6.02. The zero-order valence-electron chi connectivity index (χ0n) is 11.5. The van der Waals surface area contributed by atoms with Crippen LogP contribution in [0.1, 0.15) is 26.5 Å². The molecule has 0 radical (unpaired) electrons. The molecule has 0 spiro atoms. The molecule has 0 aliphatic carbocycles. The number of benzene rings is 1. The Morgan fingerprint density at radius 1 is 1.26 bits per heavy atom. The van der Waals surface area contributed by atoms with E-state index in [2.05, 4.69) is 31.2 Å². The average Bonchev–Trinajstić information content (AvgIpc) is 2.35. The molecule has 0 fully saturated rings. The first-order chi connectivity index (χ1) is 8.86. The summed E-state index contributed by atoms with van der Waals surface area (Å²) >= 11 is 0. The number of nitrogen functional groups attached to an aromatic ring is 1. The van der Waals surface area contributed by atoms with Crippen LogP contribution in [0.5, 0.6) is 5.75 Å². The number of halogens is 1. The second-order valence-electron chi connectivity index (χ2n) is 5.45. The Bertz CT molecular complexity index is 620. The Morgan fingerprint density at radius 2 is 1.95 bits per heavy atom. The number of hydrazine groups is 1. The van der Waals surface area contributed by atoms with Crippen LogP contribution in [0.3, 0.4) is 0 Å². The van der Waals surface area contributed by atoms with Crippen LogP contribution in [0, 0.1) is 5.82 Å². The molecule has 0 aliphatic heterocycles. The zero-order chi connectivity index (χ0) is 14.2. The van der Waals surface area contributed by atoms with Gasteiger partial charge in [-0.15, -0.1) is 0 Å². The van der Waals surface area contributed by atoms with Gasteiger partial charge in [0.1, 0.15) is 17.1 Å². The molecule has 0 atom stereocenters. The first-order valence-corrected chi connectivity index (χ1v) is 6.02. The summed E-state index contributed by atoms with van der Waals surface area (Å²) < 4.78 is 18.8. The number of anilines is 1. The fourth-order valence-corrected chi connectivity index (χ4v) is 1.92. The van der Waals surface area contributed by atoms with E-state index < -0.39 is 0 Å². The van der Waals surface area contributed by atoms with Crippen molar-refractivity contribution in [2.75, 3.05) is 12.5 Å². The predicted molar refractivity (Wildman–Crippen MR) is 74.8 cm³/mol. The summed E-state index contributed by atoms with van der Waals surface area (Å²) in [6.07, 6.45) is 0. The highest BCUT2D eigenvalue weighted by atomic mass is 19.1. The molecule has 1 aromatic carbocycles. The lowest BCUT2D eigenvalue weighted by Gasteiger charge is -2.20. The highest BCUT2D eigenvalue weighted by molar-refractivity contribution is 5.95. The molecule has 1 heterocycles. The van der Waals surface area contributed by atoms with Gasteiger partial charge >= 0.3 is 0 Å². The van der Waals surface area contributed by atoms with Gasteiger partial charge in [-0.2, -0.15) is 0 Å². The summed E-state index contributed by atoms with van der Waals surface area (Å²) in [7, 11) is 1.50. The van der Waals surface area contributed by atoms with Gasteiger partial charge in [0.25, 0.3) is 0 Å². The number of pyridine rings is 1. The Hall–Kier alpha value is -1.88. The lowest BCUT2D eigenvalue weighted by molar-refractivity contribution is 0.415. The molecule has 0 unspecified atom stereocenters. The molecule has 0 saturated heterocycles. The third-order valence-corrected chi connectivity index (χ3v) is 2.99. The Labute approximate surface area is 111 Å². The lowest BCUT2D eigenvalue weighted by atomic mass is 9.90. The highest BCUT2D eigenvalue weighted by Crippen LogP contribution is 2.33. The minimum atomic E-state index is -0.383. The third-order valence-electron chi connectivity index (χ3n) is 2.99. The summed E-state index contributed by atoms with van der Waals surface area (Å²) in [5.74, 6) is 5.55. The number of hydrogen-bond donors (Lipinski definition) is 2. The molecule has 0 bridgehead atoms. The van der Waals surface area contributed by atoms with Gasteiger partial charge in [0.2, 0.25) is 0 Å². The minimum Gasteiger partial charge on any atom is -0.494 e. The van der Waals surface area contributed by atoms with Crippen molar-refractivity contribution in [3.05, 3.63) is 29.7 Å². The van der Waals surface area contributed by atoms with Crippen LogP contribution in [-0.2, 0) is 5.41 Å².